The Bertz CT molecular complexity index is 965. The number of nitrogens with two attached hydrogens (primary N) is 1. The first-order valence-corrected chi connectivity index (χ1v) is 9.31. The predicted molar refractivity (Wildman–Crippen MR) is 106 cm³/mol. The van der Waals surface area contributed by atoms with Gasteiger partial charge in [-0.25, -0.2) is 14.2 Å². The molecular weight excluding hydrogens is 438 g/mol. The van der Waals surface area contributed by atoms with Gasteiger partial charge in [0, 0.05) is 12.2 Å². The van der Waals surface area contributed by atoms with Crippen LogP contribution >= 0.6 is 0 Å². The summed E-state index contributed by atoms with van der Waals surface area (Å²) in [5.41, 5.74) is 6.13. The average Bonchev–Trinajstić information content (AvgIpc) is 2.74. The van der Waals surface area contributed by atoms with E-state index in [-0.39, 0.29) is 28.7 Å². The van der Waals surface area contributed by atoms with Gasteiger partial charge >= 0.3 is 12.1 Å². The van der Waals surface area contributed by atoms with Gasteiger partial charge in [0.25, 0.3) is 0 Å². The molecule has 3 rings (SSSR count). The van der Waals surface area contributed by atoms with Gasteiger partial charge in [0.15, 0.2) is 0 Å². The van der Waals surface area contributed by atoms with Crippen LogP contribution in [0.5, 0.6) is 5.75 Å². The molecule has 1 saturated heterocycles. The van der Waals surface area contributed by atoms with E-state index in [0.29, 0.717) is 5.95 Å². The molecule has 1 fully saturated rings. The molecule has 0 bridgehead atoms. The highest BCUT2D eigenvalue weighted by molar-refractivity contribution is 6.13. The number of nitrogen functional groups attached to an aromatic ring is 1. The molecule has 174 valence electrons. The van der Waals surface area contributed by atoms with Crippen LogP contribution in [-0.4, -0.2) is 59.2 Å². The Morgan fingerprint density at radius 1 is 1.25 bits per heavy atom. The number of carbonyl (C=O) groups excluding carboxylic acids is 1. The lowest BCUT2D eigenvalue weighted by molar-refractivity contribution is -0.192. The Morgan fingerprint density at radius 2 is 1.88 bits per heavy atom. The number of carboxylic acids is 1. The van der Waals surface area contributed by atoms with E-state index < -0.39 is 23.7 Å². The minimum Gasteiger partial charge on any atom is -0.496 e. The van der Waals surface area contributed by atoms with Crippen LogP contribution in [0.1, 0.15) is 28.8 Å². The third kappa shape index (κ3) is 6.77. The van der Waals surface area contributed by atoms with Gasteiger partial charge in [-0.3, -0.25) is 4.79 Å². The Hall–Kier alpha value is -3.48. The Labute approximate surface area is 180 Å². The standard InChI is InChI=1S/C17H20FN5O2.C2HF3O2/c1-25-14-3-2-10(18)8-12(14)15(24)13-9-21-17(23-16(13)19)22-11-4-6-20-7-5-11;3-2(4,5)1(6)7/h2-3,8-9,11,20H,4-7H2,1H3,(H3,19,21,22,23);(H,6,7). The first-order chi connectivity index (χ1) is 15.0. The number of halogens is 4. The van der Waals surface area contributed by atoms with Crippen molar-refractivity contribution >= 4 is 23.5 Å². The van der Waals surface area contributed by atoms with Crippen molar-refractivity contribution in [2.24, 2.45) is 0 Å². The summed E-state index contributed by atoms with van der Waals surface area (Å²) in [6.45, 7) is 1.87. The zero-order valence-electron chi connectivity index (χ0n) is 16.9. The van der Waals surface area contributed by atoms with E-state index in [4.69, 9.17) is 20.4 Å². The number of carboxylic acid groups (broad SMARTS) is 1. The van der Waals surface area contributed by atoms with Gasteiger partial charge in [-0.15, -0.1) is 0 Å². The van der Waals surface area contributed by atoms with Gasteiger partial charge in [-0.05, 0) is 44.1 Å². The van der Waals surface area contributed by atoms with Crippen LogP contribution in [0, 0.1) is 5.82 Å². The quantitative estimate of drug-likeness (QED) is 0.391. The van der Waals surface area contributed by atoms with Crippen molar-refractivity contribution in [3.05, 3.63) is 41.3 Å². The molecule has 1 aromatic carbocycles. The monoisotopic (exact) mass is 459 g/mol. The summed E-state index contributed by atoms with van der Waals surface area (Å²) in [5, 5.41) is 13.6. The van der Waals surface area contributed by atoms with Crippen molar-refractivity contribution in [1.82, 2.24) is 15.3 Å². The predicted octanol–water partition coefficient (Wildman–Crippen LogP) is 2.23. The van der Waals surface area contributed by atoms with Crippen molar-refractivity contribution in [2.45, 2.75) is 25.1 Å². The molecule has 0 radical (unpaired) electrons. The van der Waals surface area contributed by atoms with E-state index in [1.165, 1.54) is 25.4 Å². The number of alkyl halides is 3. The third-order valence-electron chi connectivity index (χ3n) is 4.38. The molecule has 0 atom stereocenters. The molecule has 9 nitrogen and oxygen atoms in total. The maximum atomic E-state index is 13.5. The highest BCUT2D eigenvalue weighted by atomic mass is 19.4. The fourth-order valence-corrected chi connectivity index (χ4v) is 2.79. The van der Waals surface area contributed by atoms with Gasteiger partial charge in [0.05, 0.1) is 18.2 Å². The zero-order valence-corrected chi connectivity index (χ0v) is 16.9. The Balaban J connectivity index is 0.000000451. The second-order valence-corrected chi connectivity index (χ2v) is 6.64. The molecular formula is C19H21F4N5O4. The fraction of sp³-hybridized carbons (Fsp3) is 0.368. The van der Waals surface area contributed by atoms with Gasteiger partial charge in [0.1, 0.15) is 17.4 Å². The summed E-state index contributed by atoms with van der Waals surface area (Å²) >= 11 is 0. The van der Waals surface area contributed by atoms with Crippen LogP contribution in [0.4, 0.5) is 29.3 Å². The number of piperidine rings is 1. The molecule has 0 spiro atoms. The summed E-state index contributed by atoms with van der Waals surface area (Å²) in [7, 11) is 1.41. The Morgan fingerprint density at radius 3 is 2.41 bits per heavy atom. The van der Waals surface area contributed by atoms with E-state index in [2.05, 4.69) is 20.6 Å². The minimum absolute atomic E-state index is 0.0442. The summed E-state index contributed by atoms with van der Waals surface area (Å²) in [6.07, 6.45) is -1.80. The van der Waals surface area contributed by atoms with Crippen LogP contribution in [0.2, 0.25) is 0 Å². The number of aliphatic carboxylic acids is 1. The second-order valence-electron chi connectivity index (χ2n) is 6.64. The SMILES string of the molecule is COc1ccc(F)cc1C(=O)c1cnc(NC2CCNCC2)nc1N.O=C(O)C(F)(F)F. The fourth-order valence-electron chi connectivity index (χ4n) is 2.79. The van der Waals surface area contributed by atoms with Gasteiger partial charge in [-0.2, -0.15) is 18.2 Å². The minimum atomic E-state index is -5.08. The number of anilines is 2. The van der Waals surface area contributed by atoms with Crippen molar-refractivity contribution in [3.8, 4) is 5.75 Å². The number of nitrogens with one attached hydrogen (secondary N) is 2. The molecule has 0 saturated carbocycles. The normalized spacial score (nSPS) is 14.2. The molecule has 0 aliphatic carbocycles. The molecule has 1 aliphatic rings. The lowest BCUT2D eigenvalue weighted by Crippen LogP contribution is -2.35. The lowest BCUT2D eigenvalue weighted by atomic mass is 10.0. The summed E-state index contributed by atoms with van der Waals surface area (Å²) in [4.78, 5) is 29.9. The molecule has 0 amide bonds. The highest BCUT2D eigenvalue weighted by Crippen LogP contribution is 2.24. The highest BCUT2D eigenvalue weighted by Gasteiger charge is 2.38. The molecule has 2 aromatic rings. The lowest BCUT2D eigenvalue weighted by Gasteiger charge is -2.23. The summed E-state index contributed by atoms with van der Waals surface area (Å²) in [6, 6.07) is 4.00. The van der Waals surface area contributed by atoms with Gasteiger partial charge < -0.3 is 26.2 Å². The topological polar surface area (TPSA) is 139 Å². The largest absolute Gasteiger partial charge is 0.496 e. The molecule has 5 N–H and O–H groups in total. The zero-order chi connectivity index (χ0) is 23.9. The number of benzene rings is 1. The summed E-state index contributed by atoms with van der Waals surface area (Å²) in [5.74, 6) is -3.08. The number of ketones is 1. The smallest absolute Gasteiger partial charge is 0.490 e. The van der Waals surface area contributed by atoms with Gasteiger partial charge in [0.2, 0.25) is 11.7 Å². The number of hydrogen-bond donors (Lipinski definition) is 4. The molecule has 0 unspecified atom stereocenters. The van der Waals surface area contributed by atoms with Crippen LogP contribution in [0.15, 0.2) is 24.4 Å². The van der Waals surface area contributed by atoms with E-state index in [9.17, 15) is 22.4 Å². The third-order valence-corrected chi connectivity index (χ3v) is 4.38. The average molecular weight is 459 g/mol. The number of ether oxygens (including phenoxy) is 1. The van der Waals surface area contributed by atoms with Crippen LogP contribution in [0.3, 0.4) is 0 Å². The number of carbonyl (C=O) groups is 2. The van der Waals surface area contributed by atoms with Crippen molar-refractivity contribution in [1.29, 1.82) is 0 Å². The second kappa shape index (κ2) is 10.7. The van der Waals surface area contributed by atoms with Crippen LogP contribution < -0.4 is 21.1 Å². The first-order valence-electron chi connectivity index (χ1n) is 9.31. The number of methoxy groups -OCH3 is 1. The van der Waals surface area contributed by atoms with Crippen molar-refractivity contribution in [3.63, 3.8) is 0 Å². The van der Waals surface area contributed by atoms with E-state index in [1.807, 2.05) is 0 Å². The summed E-state index contributed by atoms with van der Waals surface area (Å²) < 4.78 is 50.4. The maximum absolute atomic E-state index is 13.5. The maximum Gasteiger partial charge on any atom is 0.490 e. The molecule has 2 heterocycles. The molecule has 1 aliphatic heterocycles. The van der Waals surface area contributed by atoms with E-state index in [1.54, 1.807) is 0 Å². The first kappa shape index (κ1) is 24.8. The van der Waals surface area contributed by atoms with Crippen molar-refractivity contribution < 1.29 is 37.0 Å². The number of hydrogen-bond acceptors (Lipinski definition) is 8. The van der Waals surface area contributed by atoms with Crippen molar-refractivity contribution in [2.75, 3.05) is 31.2 Å². The van der Waals surface area contributed by atoms with E-state index in [0.717, 1.165) is 32.0 Å². The van der Waals surface area contributed by atoms with Crippen LogP contribution in [0.25, 0.3) is 0 Å². The number of aromatic nitrogens is 2. The number of nitrogens with zero attached hydrogens (tertiary/aromatic N) is 2. The van der Waals surface area contributed by atoms with E-state index >= 15 is 0 Å². The van der Waals surface area contributed by atoms with Crippen LogP contribution in [-0.2, 0) is 4.79 Å². The Kier molecular flexibility index (Phi) is 8.29. The number of rotatable bonds is 5. The van der Waals surface area contributed by atoms with Gasteiger partial charge in [-0.1, -0.05) is 0 Å². The molecule has 1 aromatic heterocycles. The molecule has 13 heteroatoms. The molecule has 32 heavy (non-hydrogen) atoms.